The second-order valence-electron chi connectivity index (χ2n) is 7.87. The molecule has 1 saturated heterocycles. The van der Waals surface area contributed by atoms with E-state index in [9.17, 15) is 14.4 Å². The highest BCUT2D eigenvalue weighted by Crippen LogP contribution is 2.40. The summed E-state index contributed by atoms with van der Waals surface area (Å²) in [5, 5.41) is 6.11. The first-order valence-corrected chi connectivity index (χ1v) is 10.8. The average molecular weight is 466 g/mol. The topological polar surface area (TPSA) is 101 Å². The van der Waals surface area contributed by atoms with E-state index in [4.69, 9.17) is 20.8 Å². The summed E-state index contributed by atoms with van der Waals surface area (Å²) in [5.74, 6) is 0.810. The number of nitrogens with zero attached hydrogens (tertiary/aromatic N) is 1. The Kier molecular flexibility index (Phi) is 5.30. The molecule has 1 fully saturated rings. The number of para-hydroxylation sites is 1. The average Bonchev–Trinajstić information content (AvgIpc) is 3.38. The van der Waals surface area contributed by atoms with Gasteiger partial charge in [-0.05, 0) is 42.5 Å². The minimum Gasteiger partial charge on any atom is -0.493 e. The number of carbonyl (C=O) groups excluding carboxylic acids is 3. The third-order valence-corrected chi connectivity index (χ3v) is 6.06. The number of imide groups is 1. The van der Waals surface area contributed by atoms with E-state index in [0.29, 0.717) is 34.3 Å². The van der Waals surface area contributed by atoms with Crippen LogP contribution in [0.4, 0.5) is 4.79 Å². The van der Waals surface area contributed by atoms with Crippen molar-refractivity contribution in [3.8, 4) is 17.1 Å². The second-order valence-corrected chi connectivity index (χ2v) is 8.31. The van der Waals surface area contributed by atoms with Crippen LogP contribution in [0.25, 0.3) is 11.3 Å². The van der Waals surface area contributed by atoms with Crippen LogP contribution in [0, 0.1) is 0 Å². The summed E-state index contributed by atoms with van der Waals surface area (Å²) in [7, 11) is 0. The van der Waals surface area contributed by atoms with Gasteiger partial charge in [-0.25, -0.2) is 4.79 Å². The van der Waals surface area contributed by atoms with Gasteiger partial charge >= 0.3 is 6.03 Å². The maximum absolute atomic E-state index is 13.2. The van der Waals surface area contributed by atoms with Crippen LogP contribution < -0.4 is 15.4 Å². The summed E-state index contributed by atoms with van der Waals surface area (Å²) in [6.07, 6.45) is 0.298. The molecule has 0 unspecified atom stereocenters. The number of furan rings is 1. The Labute approximate surface area is 194 Å². The van der Waals surface area contributed by atoms with E-state index in [-0.39, 0.29) is 19.7 Å². The fraction of sp³-hybridized carbons (Fsp3) is 0.208. The van der Waals surface area contributed by atoms with E-state index in [1.165, 1.54) is 0 Å². The van der Waals surface area contributed by atoms with Gasteiger partial charge in [0, 0.05) is 22.6 Å². The summed E-state index contributed by atoms with van der Waals surface area (Å²) >= 11 is 5.91. The van der Waals surface area contributed by atoms with Crippen molar-refractivity contribution in [3.63, 3.8) is 0 Å². The molecule has 3 aromatic rings. The van der Waals surface area contributed by atoms with Crippen LogP contribution in [-0.4, -0.2) is 35.9 Å². The van der Waals surface area contributed by atoms with Gasteiger partial charge in [-0.15, -0.1) is 0 Å². The number of hydrogen-bond acceptors (Lipinski definition) is 5. The molecule has 2 aliphatic heterocycles. The van der Waals surface area contributed by atoms with Crippen LogP contribution in [0.5, 0.6) is 5.75 Å². The fourth-order valence-electron chi connectivity index (χ4n) is 4.14. The summed E-state index contributed by atoms with van der Waals surface area (Å²) in [6.45, 7) is 0.0234. The molecule has 0 bridgehead atoms. The van der Waals surface area contributed by atoms with Crippen LogP contribution in [-0.2, 0) is 21.7 Å². The molecule has 2 aliphatic rings. The summed E-state index contributed by atoms with van der Waals surface area (Å²) < 4.78 is 11.4. The van der Waals surface area contributed by atoms with E-state index in [2.05, 4.69) is 10.6 Å². The number of hydrogen-bond donors (Lipinski definition) is 2. The van der Waals surface area contributed by atoms with Crippen molar-refractivity contribution in [2.75, 3.05) is 13.2 Å². The van der Waals surface area contributed by atoms with Crippen LogP contribution in [0.3, 0.4) is 0 Å². The monoisotopic (exact) mass is 465 g/mol. The molecule has 33 heavy (non-hydrogen) atoms. The maximum atomic E-state index is 13.2. The molecule has 0 radical (unpaired) electrons. The van der Waals surface area contributed by atoms with Gasteiger partial charge < -0.3 is 19.8 Å². The molecule has 0 aliphatic carbocycles. The first-order chi connectivity index (χ1) is 16.0. The molecular weight excluding hydrogens is 446 g/mol. The van der Waals surface area contributed by atoms with Crippen LogP contribution in [0.1, 0.15) is 17.7 Å². The predicted molar refractivity (Wildman–Crippen MR) is 119 cm³/mol. The van der Waals surface area contributed by atoms with Crippen LogP contribution in [0.15, 0.2) is 65.1 Å². The van der Waals surface area contributed by atoms with Crippen molar-refractivity contribution in [1.82, 2.24) is 15.5 Å². The molecule has 1 spiro atoms. The van der Waals surface area contributed by atoms with E-state index in [1.54, 1.807) is 48.5 Å². The highest BCUT2D eigenvalue weighted by Gasteiger charge is 2.55. The highest BCUT2D eigenvalue weighted by atomic mass is 35.5. The number of fused-ring (bicyclic) bond motifs is 2. The molecule has 8 nitrogen and oxygen atoms in total. The second kappa shape index (κ2) is 8.29. The van der Waals surface area contributed by atoms with Crippen molar-refractivity contribution < 1.29 is 23.5 Å². The number of urea groups is 1. The molecular formula is C24H20ClN3O5. The van der Waals surface area contributed by atoms with E-state index in [0.717, 1.165) is 10.5 Å². The maximum Gasteiger partial charge on any atom is 0.325 e. The Morgan fingerprint density at radius 3 is 2.70 bits per heavy atom. The lowest BCUT2D eigenvalue weighted by molar-refractivity contribution is -0.136. The van der Waals surface area contributed by atoms with Gasteiger partial charge in [0.25, 0.3) is 5.91 Å². The largest absolute Gasteiger partial charge is 0.493 e. The highest BCUT2D eigenvalue weighted by molar-refractivity contribution is 6.30. The van der Waals surface area contributed by atoms with E-state index in [1.807, 2.05) is 12.1 Å². The molecule has 1 atom stereocenters. The lowest BCUT2D eigenvalue weighted by Gasteiger charge is -2.33. The Morgan fingerprint density at radius 2 is 1.88 bits per heavy atom. The number of halogens is 1. The van der Waals surface area contributed by atoms with Gasteiger partial charge in [0.1, 0.15) is 23.8 Å². The van der Waals surface area contributed by atoms with Crippen LogP contribution in [0.2, 0.25) is 5.02 Å². The van der Waals surface area contributed by atoms with Crippen molar-refractivity contribution in [3.05, 3.63) is 77.0 Å². The molecule has 4 amide bonds. The van der Waals surface area contributed by atoms with Crippen molar-refractivity contribution >= 4 is 29.4 Å². The molecule has 5 rings (SSSR count). The Balaban J connectivity index is 1.24. The van der Waals surface area contributed by atoms with Gasteiger partial charge in [0.15, 0.2) is 5.54 Å². The molecule has 1 aromatic heterocycles. The molecule has 2 N–H and O–H groups in total. The standard InChI is InChI=1S/C24H20ClN3O5/c25-16-7-5-15(6-8-16)19-10-9-17(33-19)13-26-21(29)14-28-22(30)24(27-23(28)31)11-12-32-20-4-2-1-3-18(20)24/h1-10H,11-14H2,(H,26,29)(H,27,31)/t24-/m0/s1. The zero-order chi connectivity index (χ0) is 23.0. The molecule has 168 valence electrons. The number of rotatable bonds is 5. The molecule has 0 saturated carbocycles. The number of benzene rings is 2. The molecule has 2 aromatic carbocycles. The number of ether oxygens (including phenoxy) is 1. The Bertz CT molecular complexity index is 1240. The van der Waals surface area contributed by atoms with Gasteiger partial charge in [0.2, 0.25) is 5.91 Å². The third kappa shape index (κ3) is 3.82. The smallest absolute Gasteiger partial charge is 0.325 e. The van der Waals surface area contributed by atoms with Gasteiger partial charge in [-0.3, -0.25) is 14.5 Å². The summed E-state index contributed by atoms with van der Waals surface area (Å²) in [6, 6.07) is 17.3. The van der Waals surface area contributed by atoms with Gasteiger partial charge in [-0.2, -0.15) is 0 Å². The summed E-state index contributed by atoms with van der Waals surface area (Å²) in [4.78, 5) is 39.3. The normalized spacial score (nSPS) is 19.2. The van der Waals surface area contributed by atoms with Crippen molar-refractivity contribution in [2.45, 2.75) is 18.5 Å². The quantitative estimate of drug-likeness (QED) is 0.562. The SMILES string of the molecule is O=C(CN1C(=O)N[C@]2(CCOc3ccccc32)C1=O)NCc1ccc(-c2ccc(Cl)cc2)o1. The predicted octanol–water partition coefficient (Wildman–Crippen LogP) is 3.45. The number of nitrogens with one attached hydrogen (secondary N) is 2. The Morgan fingerprint density at radius 1 is 1.09 bits per heavy atom. The van der Waals surface area contributed by atoms with Crippen molar-refractivity contribution in [2.24, 2.45) is 0 Å². The zero-order valence-electron chi connectivity index (χ0n) is 17.5. The van der Waals surface area contributed by atoms with E-state index < -0.39 is 23.4 Å². The number of amides is 4. The van der Waals surface area contributed by atoms with Gasteiger partial charge in [-0.1, -0.05) is 29.8 Å². The first-order valence-electron chi connectivity index (χ1n) is 10.4. The lowest BCUT2D eigenvalue weighted by Crippen LogP contribution is -2.48. The molecule has 9 heteroatoms. The lowest BCUT2D eigenvalue weighted by atomic mass is 9.84. The minimum atomic E-state index is -1.21. The van der Waals surface area contributed by atoms with E-state index >= 15 is 0 Å². The van der Waals surface area contributed by atoms with Crippen LogP contribution >= 0.6 is 11.6 Å². The summed E-state index contributed by atoms with van der Waals surface area (Å²) in [5.41, 5.74) is 0.252. The fourth-order valence-corrected chi connectivity index (χ4v) is 4.27. The molecule has 3 heterocycles. The van der Waals surface area contributed by atoms with Gasteiger partial charge in [0.05, 0.1) is 13.2 Å². The van der Waals surface area contributed by atoms with Crippen molar-refractivity contribution in [1.29, 1.82) is 0 Å². The minimum absolute atomic E-state index is 0.123. The Hall–Kier alpha value is -3.78. The zero-order valence-corrected chi connectivity index (χ0v) is 18.2. The number of carbonyl (C=O) groups is 3. The third-order valence-electron chi connectivity index (χ3n) is 5.81. The first kappa shape index (κ1) is 21.1.